The number of amides is 2. The Labute approximate surface area is 148 Å². The van der Waals surface area contributed by atoms with Crippen molar-refractivity contribution in [2.24, 2.45) is 5.73 Å². The zero-order valence-corrected chi connectivity index (χ0v) is 14.6. The molecule has 1 heterocycles. The van der Waals surface area contributed by atoms with Crippen molar-refractivity contribution in [3.63, 3.8) is 0 Å². The SMILES string of the molecule is CC1Oc2ccccc2N(CC(=O)NC2(CN)CCCC2)C1=O.Cl. The first-order chi connectivity index (χ1) is 11.0. The average Bonchev–Trinajstić information content (AvgIpc) is 3.00. The number of nitrogens with one attached hydrogen (secondary N) is 1. The maximum Gasteiger partial charge on any atom is 0.268 e. The van der Waals surface area contributed by atoms with Crippen LogP contribution in [0.2, 0.25) is 0 Å². The first-order valence-corrected chi connectivity index (χ1v) is 8.13. The van der Waals surface area contributed by atoms with Gasteiger partial charge in [0.2, 0.25) is 5.91 Å². The topological polar surface area (TPSA) is 84.7 Å². The second-order valence-electron chi connectivity index (χ2n) is 6.39. The number of nitrogens with zero attached hydrogens (tertiary/aromatic N) is 1. The van der Waals surface area contributed by atoms with Crippen molar-refractivity contribution in [1.29, 1.82) is 0 Å². The van der Waals surface area contributed by atoms with Crippen molar-refractivity contribution in [3.05, 3.63) is 24.3 Å². The van der Waals surface area contributed by atoms with Gasteiger partial charge in [-0.2, -0.15) is 0 Å². The Hall–Kier alpha value is -1.79. The van der Waals surface area contributed by atoms with Gasteiger partial charge < -0.3 is 15.8 Å². The molecule has 1 aliphatic heterocycles. The molecule has 2 aliphatic rings. The molecular weight excluding hydrogens is 330 g/mol. The summed E-state index contributed by atoms with van der Waals surface area (Å²) in [5.74, 6) is 0.253. The predicted octanol–water partition coefficient (Wildman–Crippen LogP) is 1.61. The predicted molar refractivity (Wildman–Crippen MR) is 94.5 cm³/mol. The van der Waals surface area contributed by atoms with E-state index in [9.17, 15) is 9.59 Å². The summed E-state index contributed by atoms with van der Waals surface area (Å²) < 4.78 is 5.59. The van der Waals surface area contributed by atoms with E-state index in [0.29, 0.717) is 18.0 Å². The van der Waals surface area contributed by atoms with E-state index in [2.05, 4.69) is 5.32 Å². The summed E-state index contributed by atoms with van der Waals surface area (Å²) >= 11 is 0. The van der Waals surface area contributed by atoms with Crippen LogP contribution in [0.4, 0.5) is 5.69 Å². The first kappa shape index (κ1) is 18.5. The van der Waals surface area contributed by atoms with Crippen LogP contribution < -0.4 is 20.7 Å². The molecular formula is C17H24ClN3O3. The van der Waals surface area contributed by atoms with Crippen LogP contribution in [0.3, 0.4) is 0 Å². The molecule has 1 aromatic carbocycles. The van der Waals surface area contributed by atoms with Crippen LogP contribution in [0.25, 0.3) is 0 Å². The first-order valence-electron chi connectivity index (χ1n) is 8.13. The summed E-state index contributed by atoms with van der Waals surface area (Å²) in [6.07, 6.45) is 3.37. The molecule has 0 saturated heterocycles. The van der Waals surface area contributed by atoms with Gasteiger partial charge in [-0.1, -0.05) is 25.0 Å². The minimum Gasteiger partial charge on any atom is -0.479 e. The largest absolute Gasteiger partial charge is 0.479 e. The molecule has 1 fully saturated rings. The van der Waals surface area contributed by atoms with Crippen LogP contribution in [-0.2, 0) is 9.59 Å². The highest BCUT2D eigenvalue weighted by atomic mass is 35.5. The number of carbonyl (C=O) groups is 2. The molecule has 0 radical (unpaired) electrons. The lowest BCUT2D eigenvalue weighted by Crippen LogP contribution is -2.56. The van der Waals surface area contributed by atoms with E-state index in [4.69, 9.17) is 10.5 Å². The maximum atomic E-state index is 12.5. The number of halogens is 1. The third kappa shape index (κ3) is 3.49. The summed E-state index contributed by atoms with van der Waals surface area (Å²) in [6, 6.07) is 7.28. The van der Waals surface area contributed by atoms with Gasteiger partial charge in [0.1, 0.15) is 12.3 Å². The van der Waals surface area contributed by atoms with E-state index in [1.165, 1.54) is 4.90 Å². The Morgan fingerprint density at radius 1 is 1.38 bits per heavy atom. The molecule has 7 heteroatoms. The number of rotatable bonds is 4. The van der Waals surface area contributed by atoms with Crippen LogP contribution in [0, 0.1) is 0 Å². The zero-order chi connectivity index (χ0) is 16.4. The highest BCUT2D eigenvalue weighted by Crippen LogP contribution is 2.33. The zero-order valence-electron chi connectivity index (χ0n) is 13.8. The number of hydrogen-bond acceptors (Lipinski definition) is 4. The Morgan fingerprint density at radius 3 is 2.71 bits per heavy atom. The van der Waals surface area contributed by atoms with Gasteiger partial charge in [-0.3, -0.25) is 14.5 Å². The van der Waals surface area contributed by atoms with E-state index in [1.54, 1.807) is 13.0 Å². The molecule has 1 atom stereocenters. The second kappa shape index (κ2) is 7.40. The van der Waals surface area contributed by atoms with Crippen LogP contribution in [0.15, 0.2) is 24.3 Å². The van der Waals surface area contributed by atoms with Gasteiger partial charge >= 0.3 is 0 Å². The molecule has 3 N–H and O–H groups in total. The number of nitrogens with two attached hydrogens (primary N) is 1. The molecule has 0 aromatic heterocycles. The second-order valence-corrected chi connectivity index (χ2v) is 6.39. The molecule has 1 saturated carbocycles. The van der Waals surface area contributed by atoms with Crippen molar-refractivity contribution in [1.82, 2.24) is 5.32 Å². The average molecular weight is 354 g/mol. The normalized spacial score (nSPS) is 21.5. The smallest absolute Gasteiger partial charge is 0.268 e. The summed E-state index contributed by atoms with van der Waals surface area (Å²) in [5.41, 5.74) is 6.19. The Kier molecular flexibility index (Phi) is 5.72. The van der Waals surface area contributed by atoms with Gasteiger partial charge in [0.15, 0.2) is 6.10 Å². The number of fused-ring (bicyclic) bond motifs is 1. The molecule has 2 amide bonds. The fourth-order valence-corrected chi connectivity index (χ4v) is 3.43. The summed E-state index contributed by atoms with van der Waals surface area (Å²) in [6.45, 7) is 2.12. The number of benzene rings is 1. The lowest BCUT2D eigenvalue weighted by atomic mass is 9.98. The van der Waals surface area contributed by atoms with Gasteiger partial charge in [-0.25, -0.2) is 0 Å². The summed E-state index contributed by atoms with van der Waals surface area (Å²) in [5, 5.41) is 3.06. The molecule has 1 aliphatic carbocycles. The van der Waals surface area contributed by atoms with Crippen LogP contribution in [-0.4, -0.2) is 36.5 Å². The highest BCUT2D eigenvalue weighted by molar-refractivity contribution is 6.03. The molecule has 3 rings (SSSR count). The molecule has 1 unspecified atom stereocenters. The molecule has 132 valence electrons. The number of carbonyl (C=O) groups excluding carboxylic acids is 2. The molecule has 0 bridgehead atoms. The highest BCUT2D eigenvalue weighted by Gasteiger charge is 2.36. The summed E-state index contributed by atoms with van der Waals surface area (Å²) in [4.78, 5) is 26.4. The number of para-hydroxylation sites is 2. The lowest BCUT2D eigenvalue weighted by Gasteiger charge is -2.34. The quantitative estimate of drug-likeness (QED) is 0.861. The van der Waals surface area contributed by atoms with E-state index in [-0.39, 0.29) is 36.3 Å². The lowest BCUT2D eigenvalue weighted by molar-refractivity contribution is -0.128. The third-order valence-corrected chi connectivity index (χ3v) is 4.73. The van der Waals surface area contributed by atoms with Crippen LogP contribution in [0.1, 0.15) is 32.6 Å². The minimum absolute atomic E-state index is 0. The van der Waals surface area contributed by atoms with E-state index in [1.807, 2.05) is 18.2 Å². The van der Waals surface area contributed by atoms with Crippen molar-refractivity contribution >= 4 is 29.9 Å². The third-order valence-electron chi connectivity index (χ3n) is 4.73. The number of ether oxygens (including phenoxy) is 1. The van der Waals surface area contributed by atoms with Gasteiger partial charge in [-0.15, -0.1) is 12.4 Å². The number of anilines is 1. The van der Waals surface area contributed by atoms with Crippen LogP contribution in [0.5, 0.6) is 5.75 Å². The maximum absolute atomic E-state index is 12.5. The van der Waals surface area contributed by atoms with E-state index >= 15 is 0 Å². The minimum atomic E-state index is -0.590. The van der Waals surface area contributed by atoms with E-state index < -0.39 is 6.10 Å². The van der Waals surface area contributed by atoms with Crippen LogP contribution >= 0.6 is 12.4 Å². The number of hydrogen-bond donors (Lipinski definition) is 2. The fourth-order valence-electron chi connectivity index (χ4n) is 3.43. The molecule has 0 spiro atoms. The fraction of sp³-hybridized carbons (Fsp3) is 0.529. The molecule has 6 nitrogen and oxygen atoms in total. The Morgan fingerprint density at radius 2 is 2.04 bits per heavy atom. The standard InChI is InChI=1S/C17H23N3O3.ClH/c1-12-16(22)20(13-6-2-3-7-14(13)23-12)10-15(21)19-17(11-18)8-4-5-9-17;/h2-3,6-7,12H,4-5,8-11,18H2,1H3,(H,19,21);1H. The Balaban J connectivity index is 0.00000208. The van der Waals surface area contributed by atoms with Crippen molar-refractivity contribution in [2.45, 2.75) is 44.2 Å². The van der Waals surface area contributed by atoms with Gasteiger partial charge in [0.25, 0.3) is 5.91 Å². The molecule has 1 aromatic rings. The monoisotopic (exact) mass is 353 g/mol. The van der Waals surface area contributed by atoms with Gasteiger partial charge in [0.05, 0.1) is 11.2 Å². The molecule has 24 heavy (non-hydrogen) atoms. The summed E-state index contributed by atoms with van der Waals surface area (Å²) in [7, 11) is 0. The van der Waals surface area contributed by atoms with Crippen molar-refractivity contribution in [2.75, 3.05) is 18.0 Å². The Bertz CT molecular complexity index is 617. The van der Waals surface area contributed by atoms with Crippen molar-refractivity contribution < 1.29 is 14.3 Å². The van der Waals surface area contributed by atoms with Crippen molar-refractivity contribution in [3.8, 4) is 5.75 Å². The van der Waals surface area contributed by atoms with Gasteiger partial charge in [0, 0.05) is 6.54 Å². The van der Waals surface area contributed by atoms with Gasteiger partial charge in [-0.05, 0) is 31.9 Å². The van der Waals surface area contributed by atoms with E-state index in [0.717, 1.165) is 25.7 Å².